The molecule has 1 N–H and O–H groups in total. The molecule has 0 radical (unpaired) electrons. The van der Waals surface area contributed by atoms with Gasteiger partial charge in [-0.05, 0) is 19.9 Å². The Morgan fingerprint density at radius 1 is 1.56 bits per heavy atom. The summed E-state index contributed by atoms with van der Waals surface area (Å²) >= 11 is 0. The van der Waals surface area contributed by atoms with Crippen molar-refractivity contribution in [3.8, 4) is 0 Å². The Labute approximate surface area is 101 Å². The molecule has 0 unspecified atom stereocenters. The number of carboxylic acid groups (broad SMARTS) is 1. The number of hydrogen-bond donors (Lipinski definition) is 1. The van der Waals surface area contributed by atoms with Crippen molar-refractivity contribution in [1.29, 1.82) is 0 Å². The van der Waals surface area contributed by atoms with Gasteiger partial charge in [0.15, 0.2) is 5.65 Å². The lowest BCUT2D eigenvalue weighted by molar-refractivity contribution is 0.0686. The highest BCUT2D eigenvalue weighted by atomic mass is 19.1. The molecule has 0 bridgehead atoms. The van der Waals surface area contributed by atoms with Crippen LogP contribution >= 0.6 is 0 Å². The van der Waals surface area contributed by atoms with Gasteiger partial charge in [0.2, 0.25) is 11.1 Å². The van der Waals surface area contributed by atoms with Crippen LogP contribution in [0.1, 0.15) is 23.1 Å². The normalized spacial score (nSPS) is 10.8. The number of aryl methyl sites for hydroxylation is 2. The number of aromatic carboxylic acids is 1. The van der Waals surface area contributed by atoms with Gasteiger partial charge in [-0.25, -0.2) is 18.9 Å². The molecule has 0 aromatic carbocycles. The zero-order chi connectivity index (χ0) is 13.4. The van der Waals surface area contributed by atoms with Crippen molar-refractivity contribution in [3.05, 3.63) is 33.5 Å². The molecule has 0 aliphatic carbocycles. The van der Waals surface area contributed by atoms with E-state index < -0.39 is 22.9 Å². The van der Waals surface area contributed by atoms with Gasteiger partial charge < -0.3 is 5.11 Å². The SMILES string of the molecule is CCn1nc(C(=O)O)c(=O)c2cc(F)c(C)nc21. The van der Waals surface area contributed by atoms with Crippen molar-refractivity contribution >= 4 is 17.0 Å². The first kappa shape index (κ1) is 12.2. The average molecular weight is 251 g/mol. The van der Waals surface area contributed by atoms with Crippen LogP contribution in [0.3, 0.4) is 0 Å². The van der Waals surface area contributed by atoms with Crippen LogP contribution in [0.5, 0.6) is 0 Å². The van der Waals surface area contributed by atoms with Crippen LogP contribution in [0, 0.1) is 12.7 Å². The molecule has 0 atom stereocenters. The van der Waals surface area contributed by atoms with E-state index in [2.05, 4.69) is 10.1 Å². The minimum Gasteiger partial charge on any atom is -0.476 e. The van der Waals surface area contributed by atoms with Crippen molar-refractivity contribution < 1.29 is 14.3 Å². The highest BCUT2D eigenvalue weighted by Crippen LogP contribution is 2.12. The quantitative estimate of drug-likeness (QED) is 0.859. The highest BCUT2D eigenvalue weighted by molar-refractivity contribution is 5.89. The van der Waals surface area contributed by atoms with Crippen LogP contribution in [0.4, 0.5) is 4.39 Å². The fraction of sp³-hybridized carbons (Fsp3) is 0.273. The Kier molecular flexibility index (Phi) is 2.82. The molecular formula is C11H10FN3O3. The molecule has 0 saturated heterocycles. The standard InChI is InChI=1S/C11H10FN3O3/c1-3-15-10-6(4-7(12)5(2)13-10)9(16)8(14-15)11(17)18/h4H,3H2,1-2H3,(H,17,18). The molecule has 0 spiro atoms. The van der Waals surface area contributed by atoms with Crippen molar-refractivity contribution in [2.45, 2.75) is 20.4 Å². The number of fused-ring (bicyclic) bond motifs is 1. The lowest BCUT2D eigenvalue weighted by Crippen LogP contribution is -2.23. The first-order valence-electron chi connectivity index (χ1n) is 5.27. The summed E-state index contributed by atoms with van der Waals surface area (Å²) in [7, 11) is 0. The molecule has 6 nitrogen and oxygen atoms in total. The molecule has 0 aliphatic rings. The third kappa shape index (κ3) is 1.73. The predicted octanol–water partition coefficient (Wildman–Crippen LogP) is 0.957. The fourth-order valence-corrected chi connectivity index (χ4v) is 1.63. The molecule has 7 heteroatoms. The van der Waals surface area contributed by atoms with E-state index in [0.717, 1.165) is 6.07 Å². The number of rotatable bonds is 2. The van der Waals surface area contributed by atoms with E-state index in [-0.39, 0.29) is 16.7 Å². The summed E-state index contributed by atoms with van der Waals surface area (Å²) in [5, 5.41) is 12.5. The predicted molar refractivity (Wildman–Crippen MR) is 61.1 cm³/mol. The van der Waals surface area contributed by atoms with Crippen LogP contribution in [-0.4, -0.2) is 25.8 Å². The summed E-state index contributed by atoms with van der Waals surface area (Å²) < 4.78 is 14.7. The van der Waals surface area contributed by atoms with Crippen molar-refractivity contribution in [3.63, 3.8) is 0 Å². The summed E-state index contributed by atoms with van der Waals surface area (Å²) in [5.41, 5.74) is -1.14. The minimum atomic E-state index is -1.44. The topological polar surface area (TPSA) is 85.1 Å². The van der Waals surface area contributed by atoms with Gasteiger partial charge >= 0.3 is 5.97 Å². The molecule has 0 saturated carbocycles. The average Bonchev–Trinajstić information content (AvgIpc) is 2.32. The Balaban J connectivity index is 2.99. The maximum absolute atomic E-state index is 13.4. The van der Waals surface area contributed by atoms with E-state index in [1.807, 2.05) is 0 Å². The van der Waals surface area contributed by atoms with Crippen molar-refractivity contribution in [2.75, 3.05) is 0 Å². The number of halogens is 1. The molecule has 2 aromatic rings. The van der Waals surface area contributed by atoms with Crippen LogP contribution in [0.2, 0.25) is 0 Å². The summed E-state index contributed by atoms with van der Waals surface area (Å²) in [4.78, 5) is 26.7. The Hall–Kier alpha value is -2.31. The third-order valence-corrected chi connectivity index (χ3v) is 2.56. The number of hydrogen-bond acceptors (Lipinski definition) is 4. The number of carbonyl (C=O) groups is 1. The number of pyridine rings is 1. The van der Waals surface area contributed by atoms with E-state index in [1.54, 1.807) is 6.92 Å². The van der Waals surface area contributed by atoms with Gasteiger partial charge in [0.1, 0.15) is 5.82 Å². The largest absolute Gasteiger partial charge is 0.476 e. The molecule has 0 fully saturated rings. The van der Waals surface area contributed by atoms with E-state index in [4.69, 9.17) is 5.11 Å². The van der Waals surface area contributed by atoms with Crippen LogP contribution < -0.4 is 5.43 Å². The minimum absolute atomic E-state index is 0.0765. The van der Waals surface area contributed by atoms with Gasteiger partial charge in [0, 0.05) is 6.54 Å². The van der Waals surface area contributed by atoms with Gasteiger partial charge in [0.25, 0.3) is 0 Å². The van der Waals surface area contributed by atoms with E-state index in [0.29, 0.717) is 6.54 Å². The molecule has 2 rings (SSSR count). The van der Waals surface area contributed by atoms with Gasteiger partial charge in [-0.1, -0.05) is 0 Å². The molecule has 2 heterocycles. The summed E-state index contributed by atoms with van der Waals surface area (Å²) in [6.45, 7) is 3.52. The fourth-order valence-electron chi connectivity index (χ4n) is 1.63. The van der Waals surface area contributed by atoms with Crippen molar-refractivity contribution in [1.82, 2.24) is 14.8 Å². The molecular weight excluding hydrogens is 241 g/mol. The maximum Gasteiger partial charge on any atom is 0.360 e. The molecule has 2 aromatic heterocycles. The first-order chi connectivity index (χ1) is 8.45. The second-order valence-corrected chi connectivity index (χ2v) is 3.73. The molecule has 18 heavy (non-hydrogen) atoms. The number of aromatic nitrogens is 3. The summed E-state index contributed by atoms with van der Waals surface area (Å²) in [6.07, 6.45) is 0. The lowest BCUT2D eigenvalue weighted by atomic mass is 10.2. The Morgan fingerprint density at radius 3 is 2.78 bits per heavy atom. The molecule has 0 amide bonds. The highest BCUT2D eigenvalue weighted by Gasteiger charge is 2.18. The van der Waals surface area contributed by atoms with E-state index in [1.165, 1.54) is 11.6 Å². The smallest absolute Gasteiger partial charge is 0.360 e. The van der Waals surface area contributed by atoms with Gasteiger partial charge in [-0.15, -0.1) is 0 Å². The molecule has 94 valence electrons. The van der Waals surface area contributed by atoms with E-state index in [9.17, 15) is 14.0 Å². The maximum atomic E-state index is 13.4. The lowest BCUT2D eigenvalue weighted by Gasteiger charge is -2.08. The Morgan fingerprint density at radius 2 is 2.22 bits per heavy atom. The summed E-state index contributed by atoms with van der Waals surface area (Å²) in [5.74, 6) is -2.09. The third-order valence-electron chi connectivity index (χ3n) is 2.56. The first-order valence-corrected chi connectivity index (χ1v) is 5.27. The van der Waals surface area contributed by atoms with Gasteiger partial charge in [-0.2, -0.15) is 5.10 Å². The molecule has 0 aliphatic heterocycles. The number of nitrogens with zero attached hydrogens (tertiary/aromatic N) is 3. The van der Waals surface area contributed by atoms with Crippen molar-refractivity contribution in [2.24, 2.45) is 0 Å². The summed E-state index contributed by atoms with van der Waals surface area (Å²) in [6, 6.07) is 1.00. The number of carboxylic acids is 1. The van der Waals surface area contributed by atoms with Crippen LogP contribution in [-0.2, 0) is 6.54 Å². The van der Waals surface area contributed by atoms with E-state index >= 15 is 0 Å². The zero-order valence-electron chi connectivity index (χ0n) is 9.77. The Bertz CT molecular complexity index is 709. The monoisotopic (exact) mass is 251 g/mol. The zero-order valence-corrected chi connectivity index (χ0v) is 9.77. The van der Waals surface area contributed by atoms with Crippen LogP contribution in [0.25, 0.3) is 11.0 Å². The van der Waals surface area contributed by atoms with Gasteiger partial charge in [0.05, 0.1) is 11.1 Å². The van der Waals surface area contributed by atoms with Gasteiger partial charge in [-0.3, -0.25) is 4.79 Å². The second-order valence-electron chi connectivity index (χ2n) is 3.73. The second kappa shape index (κ2) is 4.17. The van der Waals surface area contributed by atoms with Crippen LogP contribution in [0.15, 0.2) is 10.9 Å².